The molecular weight excluding hydrogens is 521 g/mol. The van der Waals surface area contributed by atoms with Crippen molar-refractivity contribution in [2.45, 2.75) is 39.4 Å². The van der Waals surface area contributed by atoms with Gasteiger partial charge in [-0.05, 0) is 62.7 Å². The maximum atomic E-state index is 13.8. The Balaban J connectivity index is 1.60. The number of carbonyl (C=O) groups excluding carboxylic acids is 1. The van der Waals surface area contributed by atoms with Gasteiger partial charge < -0.3 is 19.3 Å². The summed E-state index contributed by atoms with van der Waals surface area (Å²) in [6.45, 7) is 6.95. The molecule has 10 heteroatoms. The number of anilines is 1. The molecule has 2 aromatic carbocycles. The average molecular weight is 553 g/mol. The summed E-state index contributed by atoms with van der Waals surface area (Å²) >= 11 is 0. The van der Waals surface area contributed by atoms with Crippen LogP contribution in [-0.2, 0) is 6.18 Å². The smallest absolute Gasteiger partial charge is 0.417 e. The van der Waals surface area contributed by atoms with E-state index in [9.17, 15) is 23.2 Å². The number of halogens is 3. The fourth-order valence-corrected chi connectivity index (χ4v) is 4.95. The molecule has 3 aromatic rings. The third-order valence-corrected chi connectivity index (χ3v) is 6.83. The maximum Gasteiger partial charge on any atom is 0.417 e. The van der Waals surface area contributed by atoms with Gasteiger partial charge in [0.15, 0.2) is 5.69 Å². The molecule has 1 atom stereocenters. The lowest BCUT2D eigenvalue weighted by Crippen LogP contribution is -2.55. The minimum atomic E-state index is -4.71. The number of ether oxygens (including phenoxy) is 2. The van der Waals surface area contributed by atoms with Crippen LogP contribution in [0.4, 0.5) is 18.9 Å². The predicted octanol–water partition coefficient (Wildman–Crippen LogP) is 6.18. The highest BCUT2D eigenvalue weighted by atomic mass is 19.4. The molecular formula is C30H31F3N4O3. The Morgan fingerprint density at radius 3 is 2.48 bits per heavy atom. The molecule has 1 aliphatic rings. The van der Waals surface area contributed by atoms with Gasteiger partial charge in [0.2, 0.25) is 0 Å². The molecule has 1 unspecified atom stereocenters. The first kappa shape index (κ1) is 28.7. The molecule has 0 radical (unpaired) electrons. The molecule has 4 rings (SSSR count). The van der Waals surface area contributed by atoms with Crippen LogP contribution >= 0.6 is 0 Å². The molecule has 1 fully saturated rings. The molecule has 2 heterocycles. The summed E-state index contributed by atoms with van der Waals surface area (Å²) in [4.78, 5) is 21.4. The molecule has 0 bridgehead atoms. The zero-order valence-corrected chi connectivity index (χ0v) is 22.7. The Morgan fingerprint density at radius 1 is 1.05 bits per heavy atom. The second-order valence-electron chi connectivity index (χ2n) is 9.25. The first-order valence-corrected chi connectivity index (χ1v) is 13.2. The number of amides is 1. The van der Waals surface area contributed by atoms with E-state index < -0.39 is 23.2 Å². The molecule has 0 spiro atoms. The van der Waals surface area contributed by atoms with Crippen LogP contribution < -0.4 is 14.4 Å². The van der Waals surface area contributed by atoms with Crippen LogP contribution in [0.15, 0.2) is 54.6 Å². The lowest BCUT2D eigenvalue weighted by Gasteiger charge is -2.43. The van der Waals surface area contributed by atoms with E-state index in [1.54, 1.807) is 6.92 Å². The number of hydrogen-bond acceptors (Lipinski definition) is 6. The van der Waals surface area contributed by atoms with Gasteiger partial charge in [-0.3, -0.25) is 4.79 Å². The van der Waals surface area contributed by atoms with Crippen molar-refractivity contribution in [1.82, 2.24) is 9.88 Å². The van der Waals surface area contributed by atoms with Gasteiger partial charge in [-0.1, -0.05) is 19.1 Å². The third-order valence-electron chi connectivity index (χ3n) is 6.83. The highest BCUT2D eigenvalue weighted by Gasteiger charge is 2.38. The van der Waals surface area contributed by atoms with Crippen molar-refractivity contribution in [3.63, 3.8) is 0 Å². The summed E-state index contributed by atoms with van der Waals surface area (Å²) in [5, 5.41) is 9.96. The molecule has 0 saturated carbocycles. The molecule has 0 N–H and O–H groups in total. The topological polar surface area (TPSA) is 78.7 Å². The lowest BCUT2D eigenvalue weighted by atomic mass is 10.0. The van der Waals surface area contributed by atoms with Gasteiger partial charge in [0.05, 0.1) is 35.7 Å². The highest BCUT2D eigenvalue weighted by Crippen LogP contribution is 2.36. The number of para-hydroxylation sites is 1. The number of carbonyl (C=O) groups is 1. The zero-order chi connectivity index (χ0) is 28.9. The van der Waals surface area contributed by atoms with Crippen molar-refractivity contribution in [1.29, 1.82) is 5.26 Å². The number of aromatic nitrogens is 1. The first-order valence-electron chi connectivity index (χ1n) is 13.2. The van der Waals surface area contributed by atoms with Gasteiger partial charge in [0.1, 0.15) is 17.6 Å². The van der Waals surface area contributed by atoms with Crippen molar-refractivity contribution in [2.24, 2.45) is 0 Å². The third kappa shape index (κ3) is 5.98. The SMILES string of the molecule is CCOc1ccc(C(=O)N2CCN(c3ccc(-c4ccccc4OCC)nc3C#N)C(CC)C2)c(C(F)(F)F)c1. The van der Waals surface area contributed by atoms with E-state index in [0.717, 1.165) is 11.6 Å². The van der Waals surface area contributed by atoms with Crippen LogP contribution in [0.3, 0.4) is 0 Å². The predicted molar refractivity (Wildman–Crippen MR) is 145 cm³/mol. The van der Waals surface area contributed by atoms with Crippen LogP contribution in [0.25, 0.3) is 11.3 Å². The Labute approximate surface area is 231 Å². The largest absolute Gasteiger partial charge is 0.494 e. The number of rotatable bonds is 8. The second-order valence-corrected chi connectivity index (χ2v) is 9.25. The van der Waals surface area contributed by atoms with Crippen molar-refractivity contribution < 1.29 is 27.4 Å². The molecule has 1 amide bonds. The molecule has 210 valence electrons. The minimum absolute atomic E-state index is 0.0616. The van der Waals surface area contributed by atoms with Gasteiger partial charge in [-0.2, -0.15) is 18.4 Å². The number of pyridine rings is 1. The number of alkyl halides is 3. The van der Waals surface area contributed by atoms with E-state index >= 15 is 0 Å². The first-order chi connectivity index (χ1) is 19.2. The molecule has 1 aliphatic heterocycles. The van der Waals surface area contributed by atoms with Gasteiger partial charge >= 0.3 is 6.18 Å². The van der Waals surface area contributed by atoms with E-state index in [1.807, 2.05) is 55.1 Å². The Morgan fingerprint density at radius 2 is 1.80 bits per heavy atom. The average Bonchev–Trinajstić information content (AvgIpc) is 2.96. The molecule has 40 heavy (non-hydrogen) atoms. The van der Waals surface area contributed by atoms with E-state index in [0.29, 0.717) is 36.7 Å². The van der Waals surface area contributed by atoms with Crippen LogP contribution in [0, 0.1) is 11.3 Å². The van der Waals surface area contributed by atoms with Crippen molar-refractivity contribution >= 4 is 11.6 Å². The van der Waals surface area contributed by atoms with E-state index in [4.69, 9.17) is 9.47 Å². The number of nitrogens with zero attached hydrogens (tertiary/aromatic N) is 4. The van der Waals surface area contributed by atoms with Crippen molar-refractivity contribution in [2.75, 3.05) is 37.7 Å². The fourth-order valence-electron chi connectivity index (χ4n) is 4.95. The maximum absolute atomic E-state index is 13.8. The monoisotopic (exact) mass is 552 g/mol. The quantitative estimate of drug-likeness (QED) is 0.332. The van der Waals surface area contributed by atoms with E-state index in [1.165, 1.54) is 17.0 Å². The summed E-state index contributed by atoms with van der Waals surface area (Å²) in [5.74, 6) is 0.0432. The van der Waals surface area contributed by atoms with Crippen molar-refractivity contribution in [3.8, 4) is 28.8 Å². The van der Waals surface area contributed by atoms with Crippen LogP contribution in [0.1, 0.15) is 48.8 Å². The standard InChI is InChI=1S/C30H31F3N4O3/c1-4-20-19-36(29(38)22-12-11-21(39-5-2)17-24(22)30(31,32)33)15-16-37(20)27-14-13-25(35-26(27)18-34)23-9-7-8-10-28(23)40-6-3/h7-14,17,20H,4-6,15-16,19H2,1-3H3. The summed E-state index contributed by atoms with van der Waals surface area (Å²) in [6.07, 6.45) is -4.10. The Hall–Kier alpha value is -4.26. The normalized spacial score (nSPS) is 15.5. The van der Waals surface area contributed by atoms with E-state index in [-0.39, 0.29) is 37.2 Å². The molecule has 1 aromatic heterocycles. The summed E-state index contributed by atoms with van der Waals surface area (Å²) in [6, 6.07) is 16.5. The lowest BCUT2D eigenvalue weighted by molar-refractivity contribution is -0.138. The number of piperazine rings is 1. The second kappa shape index (κ2) is 12.3. The number of nitriles is 1. The van der Waals surface area contributed by atoms with E-state index in [2.05, 4.69) is 11.1 Å². The molecule has 0 aliphatic carbocycles. The van der Waals surface area contributed by atoms with Gasteiger partial charge in [0.25, 0.3) is 5.91 Å². The number of hydrogen-bond donors (Lipinski definition) is 0. The summed E-state index contributed by atoms with van der Waals surface area (Å²) < 4.78 is 52.5. The van der Waals surface area contributed by atoms with Gasteiger partial charge in [-0.25, -0.2) is 4.98 Å². The van der Waals surface area contributed by atoms with Gasteiger partial charge in [0, 0.05) is 31.2 Å². The Kier molecular flexibility index (Phi) is 8.83. The minimum Gasteiger partial charge on any atom is -0.494 e. The Bertz CT molecular complexity index is 1400. The summed E-state index contributed by atoms with van der Waals surface area (Å²) in [5.41, 5.74) is 0.796. The van der Waals surface area contributed by atoms with Crippen LogP contribution in [-0.4, -0.2) is 54.7 Å². The fraction of sp³-hybridized carbons (Fsp3) is 0.367. The molecule has 1 saturated heterocycles. The molecule has 7 nitrogen and oxygen atoms in total. The van der Waals surface area contributed by atoms with Crippen LogP contribution in [0.5, 0.6) is 11.5 Å². The number of benzene rings is 2. The van der Waals surface area contributed by atoms with Crippen LogP contribution in [0.2, 0.25) is 0 Å². The van der Waals surface area contributed by atoms with Crippen molar-refractivity contribution in [3.05, 3.63) is 71.4 Å². The highest BCUT2D eigenvalue weighted by molar-refractivity contribution is 5.96. The summed E-state index contributed by atoms with van der Waals surface area (Å²) in [7, 11) is 0. The zero-order valence-electron chi connectivity index (χ0n) is 22.7. The van der Waals surface area contributed by atoms with Gasteiger partial charge in [-0.15, -0.1) is 0 Å².